The first kappa shape index (κ1) is 14.1. The average Bonchev–Trinajstić information content (AvgIpc) is 2.25. The lowest BCUT2D eigenvalue weighted by atomic mass is 9.90. The van der Waals surface area contributed by atoms with E-state index in [0.29, 0.717) is 5.57 Å². The fourth-order valence-electron chi connectivity index (χ4n) is 1.37. The first-order valence-corrected chi connectivity index (χ1v) is 5.23. The third-order valence-corrected chi connectivity index (χ3v) is 2.65. The largest absolute Gasteiger partial charge is 0.246 e. The Hall–Kier alpha value is -0.920. The topological polar surface area (TPSA) is 0 Å². The highest BCUT2D eigenvalue weighted by Crippen LogP contribution is 2.27. The summed E-state index contributed by atoms with van der Waals surface area (Å²) < 4.78 is 25.8. The van der Waals surface area contributed by atoms with E-state index < -0.39 is 12.5 Å². The molecule has 0 bridgehead atoms. The third kappa shape index (κ3) is 3.98. The zero-order valence-electron chi connectivity index (χ0n) is 9.87. The highest BCUT2D eigenvalue weighted by molar-refractivity contribution is 5.31. The van der Waals surface area contributed by atoms with E-state index in [1.54, 1.807) is 6.92 Å². The first-order chi connectivity index (χ1) is 6.95. The molecule has 0 aliphatic rings. The van der Waals surface area contributed by atoms with Gasteiger partial charge in [0.25, 0.3) is 0 Å². The molecule has 0 heterocycles. The molecule has 0 aliphatic carbocycles. The number of rotatable bonds is 6. The van der Waals surface area contributed by atoms with E-state index in [-0.39, 0.29) is 11.5 Å². The molecule has 0 aromatic carbocycles. The van der Waals surface area contributed by atoms with Crippen molar-refractivity contribution in [1.82, 2.24) is 0 Å². The van der Waals surface area contributed by atoms with Crippen LogP contribution < -0.4 is 0 Å². The van der Waals surface area contributed by atoms with Gasteiger partial charge in [-0.15, -0.1) is 0 Å². The van der Waals surface area contributed by atoms with Crippen molar-refractivity contribution < 1.29 is 8.78 Å². The average molecular weight is 214 g/mol. The second-order valence-corrected chi connectivity index (χ2v) is 3.86. The Bertz CT molecular complexity index is 274. The molecule has 0 rings (SSSR count). The molecule has 1 unspecified atom stereocenters. The molecular formula is C13H20F2. The molecule has 0 spiro atoms. The second kappa shape index (κ2) is 6.54. The molecule has 2 heteroatoms. The van der Waals surface area contributed by atoms with E-state index in [0.717, 1.165) is 18.4 Å². The van der Waals surface area contributed by atoms with E-state index in [1.165, 1.54) is 0 Å². The zero-order chi connectivity index (χ0) is 12.0. The monoisotopic (exact) mass is 214 g/mol. The maximum Gasteiger partial charge on any atom is 0.127 e. The van der Waals surface area contributed by atoms with Crippen LogP contribution in [-0.2, 0) is 0 Å². The summed E-state index contributed by atoms with van der Waals surface area (Å²) in [6.07, 6.45) is 1.86. The summed E-state index contributed by atoms with van der Waals surface area (Å²) in [5, 5.41) is 0. The summed E-state index contributed by atoms with van der Waals surface area (Å²) in [7, 11) is 0. The van der Waals surface area contributed by atoms with Gasteiger partial charge in [0.1, 0.15) is 12.5 Å². The van der Waals surface area contributed by atoms with E-state index in [2.05, 4.69) is 13.2 Å². The summed E-state index contributed by atoms with van der Waals surface area (Å²) in [5.74, 6) is -0.560. The fraction of sp³-hybridized carbons (Fsp3) is 0.538. The Kier molecular flexibility index (Phi) is 6.14. The minimum Gasteiger partial charge on any atom is -0.246 e. The normalized spacial score (nSPS) is 14.5. The molecule has 0 nitrogen and oxygen atoms in total. The van der Waals surface area contributed by atoms with Crippen LogP contribution in [0, 0.1) is 5.92 Å². The van der Waals surface area contributed by atoms with Gasteiger partial charge in [-0.05, 0) is 18.9 Å². The van der Waals surface area contributed by atoms with Crippen LogP contribution in [0.4, 0.5) is 8.78 Å². The third-order valence-electron chi connectivity index (χ3n) is 2.65. The Balaban J connectivity index is 4.75. The molecule has 0 aliphatic heterocycles. The van der Waals surface area contributed by atoms with Gasteiger partial charge in [0.05, 0.1) is 0 Å². The summed E-state index contributed by atoms with van der Waals surface area (Å²) >= 11 is 0. The minimum atomic E-state index is -0.837. The molecule has 0 fully saturated rings. The van der Waals surface area contributed by atoms with E-state index in [4.69, 9.17) is 0 Å². The van der Waals surface area contributed by atoms with Gasteiger partial charge in [0, 0.05) is 11.5 Å². The quantitative estimate of drug-likeness (QED) is 0.442. The fourth-order valence-corrected chi connectivity index (χ4v) is 1.37. The smallest absolute Gasteiger partial charge is 0.127 e. The van der Waals surface area contributed by atoms with Crippen molar-refractivity contribution in [3.63, 3.8) is 0 Å². The van der Waals surface area contributed by atoms with Crippen molar-refractivity contribution in [1.29, 1.82) is 0 Å². The Labute approximate surface area is 91.4 Å². The van der Waals surface area contributed by atoms with Gasteiger partial charge in [-0.1, -0.05) is 39.0 Å². The number of hydrogen-bond donors (Lipinski definition) is 0. The van der Waals surface area contributed by atoms with Crippen LogP contribution in [0.3, 0.4) is 0 Å². The first-order valence-electron chi connectivity index (χ1n) is 5.23. The van der Waals surface area contributed by atoms with Crippen molar-refractivity contribution in [2.75, 3.05) is 6.67 Å². The van der Waals surface area contributed by atoms with E-state index in [9.17, 15) is 8.78 Å². The molecule has 15 heavy (non-hydrogen) atoms. The van der Waals surface area contributed by atoms with Crippen molar-refractivity contribution in [2.24, 2.45) is 5.92 Å². The Morgan fingerprint density at radius 3 is 2.27 bits per heavy atom. The van der Waals surface area contributed by atoms with Crippen LogP contribution in [0.1, 0.15) is 33.6 Å². The van der Waals surface area contributed by atoms with Crippen molar-refractivity contribution in [2.45, 2.75) is 33.6 Å². The van der Waals surface area contributed by atoms with Gasteiger partial charge in [-0.3, -0.25) is 0 Å². The highest BCUT2D eigenvalue weighted by Gasteiger charge is 2.14. The number of alkyl halides is 1. The van der Waals surface area contributed by atoms with Crippen LogP contribution >= 0.6 is 0 Å². The van der Waals surface area contributed by atoms with Gasteiger partial charge < -0.3 is 0 Å². The zero-order valence-corrected chi connectivity index (χ0v) is 9.87. The summed E-state index contributed by atoms with van der Waals surface area (Å²) in [6.45, 7) is 12.0. The summed E-state index contributed by atoms with van der Waals surface area (Å²) in [6, 6.07) is 0. The van der Waals surface area contributed by atoms with E-state index >= 15 is 0 Å². The van der Waals surface area contributed by atoms with Gasteiger partial charge in [-0.2, -0.15) is 0 Å². The SMILES string of the molecule is C=C(CF)/C(F)=C(/C)C(C)C(=C)CCC. The molecule has 0 amide bonds. The molecule has 0 N–H and O–H groups in total. The molecular weight excluding hydrogens is 194 g/mol. The second-order valence-electron chi connectivity index (χ2n) is 3.86. The molecule has 0 saturated carbocycles. The highest BCUT2D eigenvalue weighted by atomic mass is 19.1. The van der Waals surface area contributed by atoms with Crippen molar-refractivity contribution in [3.05, 3.63) is 35.7 Å². The lowest BCUT2D eigenvalue weighted by molar-refractivity contribution is 0.514. The van der Waals surface area contributed by atoms with Crippen molar-refractivity contribution in [3.8, 4) is 0 Å². The maximum absolute atomic E-state index is 13.5. The predicted octanol–water partition coefficient (Wildman–Crippen LogP) is 4.75. The standard InChI is InChI=1S/C13H20F2/c1-6-7-9(2)11(4)12(5)13(15)10(3)8-14/h11H,2-3,6-8H2,1,4-5H3/b13-12+. The molecule has 0 radical (unpaired) electrons. The van der Waals surface area contributed by atoms with E-state index in [1.807, 2.05) is 13.8 Å². The molecule has 1 atom stereocenters. The Morgan fingerprint density at radius 1 is 1.33 bits per heavy atom. The maximum atomic E-state index is 13.5. The molecule has 0 aromatic heterocycles. The van der Waals surface area contributed by atoms with Gasteiger partial charge >= 0.3 is 0 Å². The number of halogens is 2. The Morgan fingerprint density at radius 2 is 1.87 bits per heavy atom. The van der Waals surface area contributed by atoms with Crippen LogP contribution in [0.15, 0.2) is 35.7 Å². The molecule has 0 aromatic rings. The molecule has 0 saturated heterocycles. The lowest BCUT2D eigenvalue weighted by Gasteiger charge is -2.16. The number of allylic oxidation sites excluding steroid dienone is 4. The summed E-state index contributed by atoms with van der Waals surface area (Å²) in [5.41, 5.74) is 1.43. The van der Waals surface area contributed by atoms with Gasteiger partial charge in [0.15, 0.2) is 0 Å². The number of hydrogen-bond acceptors (Lipinski definition) is 0. The molecule has 86 valence electrons. The van der Waals surface area contributed by atoms with Crippen LogP contribution in [-0.4, -0.2) is 6.67 Å². The van der Waals surface area contributed by atoms with Gasteiger partial charge in [-0.25, -0.2) is 8.78 Å². The summed E-state index contributed by atoms with van der Waals surface area (Å²) in [4.78, 5) is 0. The predicted molar refractivity (Wildman–Crippen MR) is 62.1 cm³/mol. The minimum absolute atomic E-state index is 0.0479. The van der Waals surface area contributed by atoms with Crippen LogP contribution in [0.5, 0.6) is 0 Å². The van der Waals surface area contributed by atoms with Crippen LogP contribution in [0.25, 0.3) is 0 Å². The lowest BCUT2D eigenvalue weighted by Crippen LogP contribution is -2.03. The van der Waals surface area contributed by atoms with Crippen molar-refractivity contribution >= 4 is 0 Å². The van der Waals surface area contributed by atoms with Crippen LogP contribution in [0.2, 0.25) is 0 Å². The van der Waals surface area contributed by atoms with Gasteiger partial charge in [0.2, 0.25) is 0 Å².